The normalized spacial score (nSPS) is 16.3. The lowest BCUT2D eigenvalue weighted by Gasteiger charge is -2.37. The molecule has 0 amide bonds. The maximum Gasteiger partial charge on any atom is 0.119 e. The van der Waals surface area contributed by atoms with Crippen LogP contribution in [0.1, 0.15) is 50.3 Å². The van der Waals surface area contributed by atoms with Gasteiger partial charge in [-0.2, -0.15) is 0 Å². The van der Waals surface area contributed by atoms with Crippen LogP contribution in [0, 0.1) is 0 Å². The van der Waals surface area contributed by atoms with Gasteiger partial charge in [-0.15, -0.1) is 11.8 Å². The summed E-state index contributed by atoms with van der Waals surface area (Å²) < 4.78 is 11.5. The number of nitrogens with zero attached hydrogens (tertiary/aromatic N) is 2. The highest BCUT2D eigenvalue weighted by Gasteiger charge is 2.22. The van der Waals surface area contributed by atoms with Crippen molar-refractivity contribution in [3.63, 3.8) is 0 Å². The SMILES string of the molecule is C=C1C=Cc2ccc(OCCCCN3CCN(c4cccc(SC(C)(C)C)c4C=COC)CC3)cc2C1. The Kier molecular flexibility index (Phi) is 9.44. The lowest BCUT2D eigenvalue weighted by atomic mass is 9.94. The van der Waals surface area contributed by atoms with Crippen LogP contribution in [-0.2, 0) is 11.2 Å². The number of benzene rings is 2. The van der Waals surface area contributed by atoms with E-state index < -0.39 is 0 Å². The lowest BCUT2D eigenvalue weighted by molar-refractivity contribution is 0.238. The molecule has 5 heteroatoms. The molecule has 1 aliphatic heterocycles. The minimum atomic E-state index is 0.156. The van der Waals surface area contributed by atoms with E-state index in [4.69, 9.17) is 9.47 Å². The van der Waals surface area contributed by atoms with E-state index in [1.165, 1.54) is 27.3 Å². The molecule has 1 saturated heterocycles. The van der Waals surface area contributed by atoms with E-state index in [0.29, 0.717) is 0 Å². The summed E-state index contributed by atoms with van der Waals surface area (Å²) in [6, 6.07) is 13.1. The third-order valence-corrected chi connectivity index (χ3v) is 7.90. The molecule has 1 fully saturated rings. The fourth-order valence-corrected chi connectivity index (χ4v) is 5.96. The smallest absolute Gasteiger partial charge is 0.119 e. The second-order valence-electron chi connectivity index (χ2n) is 10.9. The molecule has 2 aliphatic rings. The quantitative estimate of drug-likeness (QED) is 0.187. The Balaban J connectivity index is 1.24. The zero-order valence-electron chi connectivity index (χ0n) is 23.0. The summed E-state index contributed by atoms with van der Waals surface area (Å²) in [5, 5.41) is 0. The van der Waals surface area contributed by atoms with Gasteiger partial charge in [0.1, 0.15) is 5.75 Å². The summed E-state index contributed by atoms with van der Waals surface area (Å²) in [4.78, 5) is 6.42. The molecular weight excluding hydrogens is 476 g/mol. The van der Waals surface area contributed by atoms with E-state index in [2.05, 4.69) is 91.8 Å². The van der Waals surface area contributed by atoms with Crippen LogP contribution in [-0.4, -0.2) is 56.1 Å². The van der Waals surface area contributed by atoms with Gasteiger partial charge in [-0.25, -0.2) is 0 Å². The molecule has 198 valence electrons. The number of thioether (sulfide) groups is 1. The molecule has 1 heterocycles. The second kappa shape index (κ2) is 12.7. The summed E-state index contributed by atoms with van der Waals surface area (Å²) >= 11 is 1.91. The highest BCUT2D eigenvalue weighted by Crippen LogP contribution is 2.39. The predicted molar refractivity (Wildman–Crippen MR) is 160 cm³/mol. The van der Waals surface area contributed by atoms with Gasteiger partial charge in [0.25, 0.3) is 0 Å². The average molecular weight is 519 g/mol. The van der Waals surface area contributed by atoms with Crippen molar-refractivity contribution < 1.29 is 9.47 Å². The fourth-order valence-electron chi connectivity index (χ4n) is 4.87. The van der Waals surface area contributed by atoms with Crippen molar-refractivity contribution in [1.29, 1.82) is 0 Å². The largest absolute Gasteiger partial charge is 0.504 e. The van der Waals surface area contributed by atoms with Crippen molar-refractivity contribution in [3.8, 4) is 5.75 Å². The number of allylic oxidation sites excluding steroid dienone is 2. The van der Waals surface area contributed by atoms with E-state index in [0.717, 1.165) is 69.9 Å². The number of rotatable bonds is 10. The third-order valence-electron chi connectivity index (χ3n) is 6.71. The summed E-state index contributed by atoms with van der Waals surface area (Å²) in [6.07, 6.45) is 11.3. The highest BCUT2D eigenvalue weighted by molar-refractivity contribution is 8.00. The molecule has 2 aromatic rings. The number of ether oxygens (including phenoxy) is 2. The summed E-state index contributed by atoms with van der Waals surface area (Å²) in [5.74, 6) is 0.973. The van der Waals surface area contributed by atoms with Gasteiger partial charge in [0.05, 0.1) is 20.0 Å². The van der Waals surface area contributed by atoms with Crippen LogP contribution in [0.4, 0.5) is 5.69 Å². The first-order valence-electron chi connectivity index (χ1n) is 13.4. The molecular formula is C32H42N2O2S. The lowest BCUT2D eigenvalue weighted by Crippen LogP contribution is -2.46. The molecule has 0 N–H and O–H groups in total. The molecule has 0 spiro atoms. The molecule has 37 heavy (non-hydrogen) atoms. The number of methoxy groups -OCH3 is 1. The van der Waals surface area contributed by atoms with E-state index in [1.807, 2.05) is 11.8 Å². The van der Waals surface area contributed by atoms with E-state index in [9.17, 15) is 0 Å². The molecule has 4 nitrogen and oxygen atoms in total. The van der Waals surface area contributed by atoms with Crippen molar-refractivity contribution in [2.45, 2.75) is 49.7 Å². The third kappa shape index (κ3) is 7.93. The fraction of sp³-hybridized carbons (Fsp3) is 0.438. The molecule has 0 bridgehead atoms. The van der Waals surface area contributed by atoms with Gasteiger partial charge in [0, 0.05) is 47.1 Å². The monoisotopic (exact) mass is 518 g/mol. The van der Waals surface area contributed by atoms with Gasteiger partial charge >= 0.3 is 0 Å². The van der Waals surface area contributed by atoms with Gasteiger partial charge in [-0.05, 0) is 67.3 Å². The molecule has 0 atom stereocenters. The Bertz CT molecular complexity index is 1120. The molecule has 4 rings (SSSR count). The zero-order chi connectivity index (χ0) is 26.3. The van der Waals surface area contributed by atoms with Crippen molar-refractivity contribution in [2.75, 3.05) is 51.3 Å². The van der Waals surface area contributed by atoms with E-state index in [1.54, 1.807) is 13.4 Å². The number of anilines is 1. The van der Waals surface area contributed by atoms with E-state index >= 15 is 0 Å². The average Bonchev–Trinajstić information content (AvgIpc) is 2.87. The van der Waals surface area contributed by atoms with Crippen molar-refractivity contribution in [2.24, 2.45) is 0 Å². The van der Waals surface area contributed by atoms with Crippen LogP contribution in [0.3, 0.4) is 0 Å². The van der Waals surface area contributed by atoms with Crippen molar-refractivity contribution >= 4 is 29.6 Å². The summed E-state index contributed by atoms with van der Waals surface area (Å²) in [7, 11) is 1.71. The Morgan fingerprint density at radius 2 is 1.84 bits per heavy atom. The van der Waals surface area contributed by atoms with Gasteiger partial charge in [0.15, 0.2) is 0 Å². The Morgan fingerprint density at radius 1 is 1.03 bits per heavy atom. The number of unbranched alkanes of at least 4 members (excludes halogenated alkanes) is 1. The van der Waals surface area contributed by atoms with Gasteiger partial charge in [-0.3, -0.25) is 4.90 Å². The first-order valence-corrected chi connectivity index (χ1v) is 14.2. The summed E-state index contributed by atoms with van der Waals surface area (Å²) in [5.41, 5.74) is 6.31. The predicted octanol–water partition coefficient (Wildman–Crippen LogP) is 7.30. The van der Waals surface area contributed by atoms with Gasteiger partial charge in [-0.1, -0.05) is 57.2 Å². The van der Waals surface area contributed by atoms with E-state index in [-0.39, 0.29) is 4.75 Å². The first-order chi connectivity index (χ1) is 17.8. The highest BCUT2D eigenvalue weighted by atomic mass is 32.2. The minimum Gasteiger partial charge on any atom is -0.504 e. The van der Waals surface area contributed by atoms with Crippen LogP contribution >= 0.6 is 11.8 Å². The number of piperazine rings is 1. The summed E-state index contributed by atoms with van der Waals surface area (Å²) in [6.45, 7) is 17.0. The van der Waals surface area contributed by atoms with Crippen molar-refractivity contribution in [3.05, 3.63) is 77.6 Å². The number of hydrogen-bond acceptors (Lipinski definition) is 5. The Labute approximate surface area is 228 Å². The maximum atomic E-state index is 6.06. The topological polar surface area (TPSA) is 24.9 Å². The van der Waals surface area contributed by atoms with Gasteiger partial charge in [0.2, 0.25) is 0 Å². The second-order valence-corrected chi connectivity index (χ2v) is 12.7. The van der Waals surface area contributed by atoms with Crippen LogP contribution < -0.4 is 9.64 Å². The Hall–Kier alpha value is -2.63. The molecule has 2 aromatic carbocycles. The van der Waals surface area contributed by atoms with Crippen LogP contribution in [0.5, 0.6) is 5.75 Å². The van der Waals surface area contributed by atoms with Crippen LogP contribution in [0.25, 0.3) is 12.2 Å². The minimum absolute atomic E-state index is 0.156. The maximum absolute atomic E-state index is 6.06. The Morgan fingerprint density at radius 3 is 2.59 bits per heavy atom. The molecule has 0 aromatic heterocycles. The molecule has 0 radical (unpaired) electrons. The van der Waals surface area contributed by atoms with Gasteiger partial charge < -0.3 is 14.4 Å². The van der Waals surface area contributed by atoms with Crippen LogP contribution in [0.15, 0.2) is 65.8 Å². The number of fused-ring (bicyclic) bond motifs is 1. The van der Waals surface area contributed by atoms with Crippen LogP contribution in [0.2, 0.25) is 0 Å². The molecule has 0 unspecified atom stereocenters. The zero-order valence-corrected chi connectivity index (χ0v) is 23.8. The standard InChI is InChI=1S/C32H42N2O2S/c1-25-11-12-26-13-14-28(24-27(26)23-25)36-21-7-6-16-33-17-19-34(20-18-33)30-9-8-10-31(37-32(2,3)4)29(30)15-22-35-5/h8-15,22,24H,1,6-7,16-21,23H2,2-5H3. The molecule has 1 aliphatic carbocycles. The molecule has 0 saturated carbocycles. The first kappa shape index (κ1) is 27.4. The van der Waals surface area contributed by atoms with Crippen molar-refractivity contribution in [1.82, 2.24) is 4.90 Å². The number of hydrogen-bond donors (Lipinski definition) is 0.